The minimum Gasteiger partial charge on any atom is -0.349 e. The van der Waals surface area contributed by atoms with Crippen LogP contribution in [0.1, 0.15) is 42.6 Å². The number of benzene rings is 1. The number of nitrogens with zero attached hydrogens (tertiary/aromatic N) is 2. The molecule has 1 N–H and O–H groups in total. The summed E-state index contributed by atoms with van der Waals surface area (Å²) in [5.74, 6) is 0.0591. The normalized spacial score (nSPS) is 15.6. The number of rotatable bonds is 5. The largest absolute Gasteiger partial charge is 0.349 e. The molecule has 1 aromatic heterocycles. The number of carbonyl (C=O) groups is 2. The Morgan fingerprint density at radius 1 is 1.42 bits per heavy atom. The van der Waals surface area contributed by atoms with Gasteiger partial charge in [0.2, 0.25) is 11.8 Å². The number of carbonyl (C=O) groups excluding carboxylic acids is 2. The van der Waals surface area contributed by atoms with Crippen LogP contribution >= 0.6 is 11.3 Å². The maximum absolute atomic E-state index is 12.3. The van der Waals surface area contributed by atoms with Crippen LogP contribution in [-0.4, -0.2) is 23.3 Å². The lowest BCUT2D eigenvalue weighted by atomic mass is 10.0. The molecule has 0 aliphatic carbocycles. The summed E-state index contributed by atoms with van der Waals surface area (Å²) in [6.45, 7) is 4.75. The molecule has 126 valence electrons. The lowest BCUT2D eigenvalue weighted by Crippen LogP contribution is -2.28. The summed E-state index contributed by atoms with van der Waals surface area (Å²) in [6, 6.07) is 7.99. The third-order valence-corrected chi connectivity index (χ3v) is 5.13. The van der Waals surface area contributed by atoms with Gasteiger partial charge in [-0.2, -0.15) is 0 Å². The number of aromatic nitrogens is 1. The topological polar surface area (TPSA) is 62.3 Å². The van der Waals surface area contributed by atoms with Crippen molar-refractivity contribution in [3.05, 3.63) is 46.5 Å². The molecule has 2 amide bonds. The van der Waals surface area contributed by atoms with E-state index in [0.29, 0.717) is 17.2 Å². The molecule has 1 atom stereocenters. The van der Waals surface area contributed by atoms with Gasteiger partial charge in [-0.05, 0) is 31.4 Å². The number of amides is 2. The van der Waals surface area contributed by atoms with Crippen molar-refractivity contribution in [2.24, 2.45) is 0 Å². The Morgan fingerprint density at radius 2 is 2.21 bits per heavy atom. The third kappa shape index (κ3) is 3.64. The fourth-order valence-electron chi connectivity index (χ4n) is 2.96. The number of thiazole rings is 1. The first kappa shape index (κ1) is 16.6. The highest BCUT2D eigenvalue weighted by Crippen LogP contribution is 2.25. The summed E-state index contributed by atoms with van der Waals surface area (Å²) in [5, 5.41) is 5.58. The smallest absolute Gasteiger partial charge is 0.228 e. The van der Waals surface area contributed by atoms with Crippen molar-refractivity contribution < 1.29 is 9.59 Å². The number of nitrogens with one attached hydrogen (secondary N) is 1. The Morgan fingerprint density at radius 3 is 2.92 bits per heavy atom. The Balaban J connectivity index is 1.60. The average Bonchev–Trinajstić information content (AvgIpc) is 3.16. The van der Waals surface area contributed by atoms with E-state index in [9.17, 15) is 9.59 Å². The fraction of sp³-hybridized carbons (Fsp3) is 0.389. The molecule has 0 bridgehead atoms. The fourth-order valence-corrected chi connectivity index (χ4v) is 3.83. The first-order valence-electron chi connectivity index (χ1n) is 8.14. The maximum Gasteiger partial charge on any atom is 0.228 e. The highest BCUT2D eigenvalue weighted by Gasteiger charge is 2.24. The molecule has 1 unspecified atom stereocenters. The van der Waals surface area contributed by atoms with E-state index in [1.54, 1.807) is 4.90 Å². The SMILES string of the molecule is Cc1ccccc1C(C)NC(=O)Cc1csc(N2CCCC2=O)n1. The van der Waals surface area contributed by atoms with E-state index in [-0.39, 0.29) is 24.3 Å². The second kappa shape index (κ2) is 7.13. The van der Waals surface area contributed by atoms with Crippen molar-refractivity contribution in [1.29, 1.82) is 0 Å². The molecule has 1 saturated heterocycles. The summed E-state index contributed by atoms with van der Waals surface area (Å²) >= 11 is 1.42. The molecule has 1 aliphatic rings. The van der Waals surface area contributed by atoms with E-state index in [2.05, 4.69) is 10.3 Å². The average molecular weight is 343 g/mol. The Bertz CT molecular complexity index is 756. The van der Waals surface area contributed by atoms with E-state index < -0.39 is 0 Å². The predicted octanol–water partition coefficient (Wildman–Crippen LogP) is 3.00. The van der Waals surface area contributed by atoms with E-state index in [4.69, 9.17) is 0 Å². The Labute approximate surface area is 145 Å². The second-order valence-electron chi connectivity index (χ2n) is 6.09. The van der Waals surface area contributed by atoms with Crippen molar-refractivity contribution in [2.45, 2.75) is 39.2 Å². The highest BCUT2D eigenvalue weighted by molar-refractivity contribution is 7.14. The number of anilines is 1. The van der Waals surface area contributed by atoms with E-state index in [1.807, 2.05) is 43.5 Å². The maximum atomic E-state index is 12.3. The van der Waals surface area contributed by atoms with Gasteiger partial charge in [-0.15, -0.1) is 11.3 Å². The van der Waals surface area contributed by atoms with E-state index in [1.165, 1.54) is 11.3 Å². The minimum atomic E-state index is -0.0599. The molecule has 1 fully saturated rings. The van der Waals surface area contributed by atoms with Gasteiger partial charge >= 0.3 is 0 Å². The molecule has 0 saturated carbocycles. The zero-order valence-electron chi connectivity index (χ0n) is 13.9. The van der Waals surface area contributed by atoms with Gasteiger partial charge in [-0.25, -0.2) is 4.98 Å². The van der Waals surface area contributed by atoms with Gasteiger partial charge in [-0.1, -0.05) is 24.3 Å². The molecular weight excluding hydrogens is 322 g/mol. The van der Waals surface area contributed by atoms with Crippen LogP contribution in [0, 0.1) is 6.92 Å². The molecule has 3 rings (SSSR count). The lowest BCUT2D eigenvalue weighted by Gasteiger charge is -2.16. The van der Waals surface area contributed by atoms with Gasteiger partial charge in [0.25, 0.3) is 0 Å². The van der Waals surface area contributed by atoms with Crippen LogP contribution in [-0.2, 0) is 16.0 Å². The van der Waals surface area contributed by atoms with Crippen LogP contribution in [0.4, 0.5) is 5.13 Å². The molecule has 0 spiro atoms. The first-order chi connectivity index (χ1) is 11.5. The Hall–Kier alpha value is -2.21. The highest BCUT2D eigenvalue weighted by atomic mass is 32.1. The zero-order chi connectivity index (χ0) is 17.1. The number of hydrogen-bond acceptors (Lipinski definition) is 4. The summed E-state index contributed by atoms with van der Waals surface area (Å²) < 4.78 is 0. The van der Waals surface area contributed by atoms with Crippen molar-refractivity contribution in [3.8, 4) is 0 Å². The number of aryl methyl sites for hydroxylation is 1. The molecular formula is C18H21N3O2S. The van der Waals surface area contributed by atoms with E-state index in [0.717, 1.165) is 24.1 Å². The quantitative estimate of drug-likeness (QED) is 0.908. The molecule has 1 aromatic carbocycles. The van der Waals surface area contributed by atoms with Crippen molar-refractivity contribution in [3.63, 3.8) is 0 Å². The summed E-state index contributed by atoms with van der Waals surface area (Å²) in [5.41, 5.74) is 2.99. The molecule has 5 nitrogen and oxygen atoms in total. The molecule has 2 heterocycles. The first-order valence-corrected chi connectivity index (χ1v) is 9.02. The molecule has 6 heteroatoms. The number of hydrogen-bond donors (Lipinski definition) is 1. The van der Waals surface area contributed by atoms with Gasteiger partial charge in [-0.3, -0.25) is 14.5 Å². The van der Waals surface area contributed by atoms with Crippen LogP contribution in [0.3, 0.4) is 0 Å². The standard InChI is InChI=1S/C18H21N3O2S/c1-12-6-3-4-7-15(12)13(2)19-16(22)10-14-11-24-18(20-14)21-9-5-8-17(21)23/h3-4,6-7,11,13H,5,8-10H2,1-2H3,(H,19,22). The van der Waals surface area contributed by atoms with Crippen LogP contribution in [0.5, 0.6) is 0 Å². The summed E-state index contributed by atoms with van der Waals surface area (Å²) in [4.78, 5) is 30.2. The van der Waals surface area contributed by atoms with Gasteiger partial charge in [0.05, 0.1) is 18.2 Å². The minimum absolute atomic E-state index is 0.0445. The van der Waals surface area contributed by atoms with Crippen LogP contribution in [0.2, 0.25) is 0 Å². The van der Waals surface area contributed by atoms with Gasteiger partial charge in [0, 0.05) is 18.3 Å². The van der Waals surface area contributed by atoms with E-state index >= 15 is 0 Å². The van der Waals surface area contributed by atoms with Gasteiger partial charge < -0.3 is 5.32 Å². The Kier molecular flexibility index (Phi) is 4.94. The summed E-state index contributed by atoms with van der Waals surface area (Å²) in [7, 11) is 0. The predicted molar refractivity (Wildman–Crippen MR) is 95.1 cm³/mol. The lowest BCUT2D eigenvalue weighted by molar-refractivity contribution is -0.121. The molecule has 24 heavy (non-hydrogen) atoms. The zero-order valence-corrected chi connectivity index (χ0v) is 14.7. The van der Waals surface area contributed by atoms with Gasteiger partial charge in [0.15, 0.2) is 5.13 Å². The monoisotopic (exact) mass is 343 g/mol. The van der Waals surface area contributed by atoms with Crippen molar-refractivity contribution in [2.75, 3.05) is 11.4 Å². The van der Waals surface area contributed by atoms with Crippen molar-refractivity contribution >= 4 is 28.3 Å². The second-order valence-corrected chi connectivity index (χ2v) is 6.93. The molecule has 0 radical (unpaired) electrons. The van der Waals surface area contributed by atoms with Crippen LogP contribution < -0.4 is 10.2 Å². The van der Waals surface area contributed by atoms with Crippen LogP contribution in [0.25, 0.3) is 0 Å². The molecule has 2 aromatic rings. The van der Waals surface area contributed by atoms with Crippen LogP contribution in [0.15, 0.2) is 29.6 Å². The van der Waals surface area contributed by atoms with Crippen molar-refractivity contribution in [1.82, 2.24) is 10.3 Å². The third-order valence-electron chi connectivity index (χ3n) is 4.22. The summed E-state index contributed by atoms with van der Waals surface area (Å²) in [6.07, 6.45) is 1.69. The molecule has 1 aliphatic heterocycles. The van der Waals surface area contributed by atoms with Gasteiger partial charge in [0.1, 0.15) is 0 Å².